The maximum atomic E-state index is 12.0. The summed E-state index contributed by atoms with van der Waals surface area (Å²) in [6, 6.07) is 3.32. The summed E-state index contributed by atoms with van der Waals surface area (Å²) in [5, 5.41) is 3.41. The lowest BCUT2D eigenvalue weighted by Gasteiger charge is -2.27. The lowest BCUT2D eigenvalue weighted by molar-refractivity contribution is 0.0913. The molecule has 0 aliphatic carbocycles. The van der Waals surface area contributed by atoms with Gasteiger partial charge in [0.15, 0.2) is 5.69 Å². The first kappa shape index (κ1) is 12.4. The molecule has 0 saturated carbocycles. The monoisotopic (exact) mass is 264 g/mol. The molecular weight excluding hydrogens is 252 g/mol. The van der Waals surface area contributed by atoms with Crippen molar-refractivity contribution in [2.45, 2.75) is 6.17 Å². The average Bonchev–Trinajstić information content (AvgIpc) is 2.33. The van der Waals surface area contributed by atoms with Gasteiger partial charge in [0.1, 0.15) is 6.17 Å². The predicted molar refractivity (Wildman–Crippen MR) is 70.7 cm³/mol. The van der Waals surface area contributed by atoms with Crippen LogP contribution in [0.15, 0.2) is 41.7 Å². The molecule has 1 amide bonds. The summed E-state index contributed by atoms with van der Waals surface area (Å²) in [5.41, 5.74) is 6.27. The zero-order valence-corrected chi connectivity index (χ0v) is 10.6. The smallest absolute Gasteiger partial charge is 0.273 e. The van der Waals surface area contributed by atoms with Gasteiger partial charge in [-0.3, -0.25) is 4.79 Å². The second kappa shape index (κ2) is 5.10. The van der Waals surface area contributed by atoms with Crippen LogP contribution in [0.4, 0.5) is 5.69 Å². The van der Waals surface area contributed by atoms with Gasteiger partial charge in [0, 0.05) is 19.4 Å². The van der Waals surface area contributed by atoms with E-state index in [1.165, 1.54) is 6.20 Å². The third kappa shape index (κ3) is 2.62. The number of carbonyl (C=O) groups is 1. The number of allylic oxidation sites excluding steroid dienone is 2. The molecule has 0 aromatic carbocycles. The highest BCUT2D eigenvalue weighted by Crippen LogP contribution is 2.14. The Morgan fingerprint density at radius 3 is 3.06 bits per heavy atom. The number of likely N-dealkylation sites (N-methyl/N-ethyl adjacent to an activating group) is 1. The van der Waals surface area contributed by atoms with E-state index in [0.717, 1.165) is 0 Å². The molecule has 2 heterocycles. The summed E-state index contributed by atoms with van der Waals surface area (Å²) in [4.78, 5) is 17.7. The molecule has 94 valence electrons. The number of aromatic nitrogens is 1. The van der Waals surface area contributed by atoms with Gasteiger partial charge in [0.25, 0.3) is 5.91 Å². The number of pyridine rings is 1. The zero-order chi connectivity index (χ0) is 13.1. The highest BCUT2D eigenvalue weighted by Gasteiger charge is 2.18. The molecular formula is C12H13ClN4O. The fourth-order valence-electron chi connectivity index (χ4n) is 1.60. The number of nitrogens with one attached hydrogen (secondary N) is 1. The number of nitrogen functional groups attached to an aromatic ring is 1. The van der Waals surface area contributed by atoms with Crippen LogP contribution in [0.5, 0.6) is 0 Å². The average molecular weight is 265 g/mol. The van der Waals surface area contributed by atoms with Crippen molar-refractivity contribution in [1.82, 2.24) is 15.2 Å². The highest BCUT2D eigenvalue weighted by atomic mass is 35.5. The Morgan fingerprint density at radius 2 is 2.39 bits per heavy atom. The summed E-state index contributed by atoms with van der Waals surface area (Å²) in [6.45, 7) is 0. The van der Waals surface area contributed by atoms with E-state index < -0.39 is 0 Å². The van der Waals surface area contributed by atoms with Crippen LogP contribution in [0.25, 0.3) is 0 Å². The first-order valence-electron chi connectivity index (χ1n) is 5.37. The molecule has 1 aliphatic heterocycles. The van der Waals surface area contributed by atoms with E-state index in [-0.39, 0.29) is 17.8 Å². The number of hydrogen-bond donors (Lipinski definition) is 2. The molecule has 5 nitrogen and oxygen atoms in total. The van der Waals surface area contributed by atoms with Gasteiger partial charge in [0.05, 0.1) is 10.7 Å². The number of carbonyl (C=O) groups excluding carboxylic acids is 1. The van der Waals surface area contributed by atoms with Crippen molar-refractivity contribution in [3.63, 3.8) is 0 Å². The van der Waals surface area contributed by atoms with Crippen molar-refractivity contribution in [3.05, 3.63) is 47.4 Å². The van der Waals surface area contributed by atoms with Crippen LogP contribution in [0, 0.1) is 0 Å². The maximum Gasteiger partial charge on any atom is 0.273 e. The Hall–Kier alpha value is -2.01. The Bertz CT molecular complexity index is 527. The van der Waals surface area contributed by atoms with Crippen LogP contribution in [-0.2, 0) is 0 Å². The molecule has 1 aromatic heterocycles. The number of halogens is 1. The van der Waals surface area contributed by atoms with Gasteiger partial charge in [-0.05, 0) is 24.3 Å². The number of amides is 1. The minimum absolute atomic E-state index is 0.222. The number of nitrogens with zero attached hydrogens (tertiary/aromatic N) is 2. The Labute approximate surface area is 110 Å². The minimum Gasteiger partial charge on any atom is -0.397 e. The van der Waals surface area contributed by atoms with Crippen molar-refractivity contribution in [1.29, 1.82) is 0 Å². The van der Waals surface area contributed by atoms with Gasteiger partial charge in [-0.15, -0.1) is 0 Å². The quantitative estimate of drug-likeness (QED) is 0.845. The number of anilines is 1. The Balaban J connectivity index is 2.10. The second-order valence-corrected chi connectivity index (χ2v) is 4.33. The predicted octanol–water partition coefficient (Wildman–Crippen LogP) is 1.30. The van der Waals surface area contributed by atoms with E-state index in [0.29, 0.717) is 10.7 Å². The number of hydrogen-bond acceptors (Lipinski definition) is 4. The standard InChI is InChI=1S/C12H13ClN4O/c1-17-7-8(13)4-5-10(17)16-12(18)11-9(14)3-2-6-15-11/h2-7,10H,14H2,1H3,(H,16,18). The van der Waals surface area contributed by atoms with Crippen LogP contribution in [0.1, 0.15) is 10.5 Å². The third-order valence-electron chi connectivity index (χ3n) is 2.54. The molecule has 1 atom stereocenters. The van der Waals surface area contributed by atoms with Gasteiger partial charge in [-0.25, -0.2) is 4.98 Å². The van der Waals surface area contributed by atoms with E-state index in [1.807, 2.05) is 7.05 Å². The van der Waals surface area contributed by atoms with E-state index >= 15 is 0 Å². The summed E-state index contributed by atoms with van der Waals surface area (Å²) < 4.78 is 0. The first-order valence-corrected chi connectivity index (χ1v) is 5.74. The van der Waals surface area contributed by atoms with Crippen molar-refractivity contribution >= 4 is 23.2 Å². The van der Waals surface area contributed by atoms with Gasteiger partial charge >= 0.3 is 0 Å². The van der Waals surface area contributed by atoms with Crippen LogP contribution in [-0.4, -0.2) is 29.0 Å². The van der Waals surface area contributed by atoms with Gasteiger partial charge < -0.3 is 16.0 Å². The summed E-state index contributed by atoms with van der Waals surface area (Å²) in [7, 11) is 1.82. The van der Waals surface area contributed by atoms with E-state index in [9.17, 15) is 4.79 Å². The lowest BCUT2D eigenvalue weighted by atomic mass is 10.2. The molecule has 18 heavy (non-hydrogen) atoms. The molecule has 0 bridgehead atoms. The van der Waals surface area contributed by atoms with Crippen LogP contribution in [0.2, 0.25) is 0 Å². The van der Waals surface area contributed by atoms with Crippen molar-refractivity contribution in [3.8, 4) is 0 Å². The molecule has 1 aliphatic rings. The molecule has 1 unspecified atom stereocenters. The molecule has 2 rings (SSSR count). The van der Waals surface area contributed by atoms with E-state index in [1.54, 1.807) is 35.4 Å². The fraction of sp³-hybridized carbons (Fsp3) is 0.167. The normalized spacial score (nSPS) is 18.4. The molecule has 6 heteroatoms. The van der Waals surface area contributed by atoms with Crippen molar-refractivity contribution in [2.75, 3.05) is 12.8 Å². The second-order valence-electron chi connectivity index (χ2n) is 3.90. The molecule has 1 aromatic rings. The summed E-state index contributed by atoms with van der Waals surface area (Å²) in [6.07, 6.45) is 6.52. The minimum atomic E-state index is -0.318. The van der Waals surface area contributed by atoms with E-state index in [2.05, 4.69) is 10.3 Å². The Morgan fingerprint density at radius 1 is 1.61 bits per heavy atom. The van der Waals surface area contributed by atoms with Crippen LogP contribution < -0.4 is 11.1 Å². The number of nitrogens with two attached hydrogens (primary N) is 1. The van der Waals surface area contributed by atoms with Gasteiger partial charge in [0.2, 0.25) is 0 Å². The molecule has 0 radical (unpaired) electrons. The molecule has 0 fully saturated rings. The molecule has 0 spiro atoms. The zero-order valence-electron chi connectivity index (χ0n) is 9.80. The maximum absolute atomic E-state index is 12.0. The highest BCUT2D eigenvalue weighted by molar-refractivity contribution is 6.31. The summed E-state index contributed by atoms with van der Waals surface area (Å²) >= 11 is 5.84. The summed E-state index contributed by atoms with van der Waals surface area (Å²) in [5.74, 6) is -0.318. The topological polar surface area (TPSA) is 71.2 Å². The van der Waals surface area contributed by atoms with Gasteiger partial charge in [-0.1, -0.05) is 11.6 Å². The SMILES string of the molecule is CN1C=C(Cl)C=CC1NC(=O)c1ncccc1N. The number of rotatable bonds is 2. The van der Waals surface area contributed by atoms with Crippen LogP contribution >= 0.6 is 11.6 Å². The van der Waals surface area contributed by atoms with Crippen LogP contribution in [0.3, 0.4) is 0 Å². The lowest BCUT2D eigenvalue weighted by Crippen LogP contribution is -2.44. The molecule has 3 N–H and O–H groups in total. The largest absolute Gasteiger partial charge is 0.397 e. The fourth-order valence-corrected chi connectivity index (χ4v) is 1.82. The third-order valence-corrected chi connectivity index (χ3v) is 2.76. The van der Waals surface area contributed by atoms with Crippen molar-refractivity contribution in [2.24, 2.45) is 0 Å². The molecule has 0 saturated heterocycles. The van der Waals surface area contributed by atoms with E-state index in [4.69, 9.17) is 17.3 Å². The first-order chi connectivity index (χ1) is 8.58. The van der Waals surface area contributed by atoms with Gasteiger partial charge in [-0.2, -0.15) is 0 Å². The Kier molecular flexibility index (Phi) is 3.53. The van der Waals surface area contributed by atoms with Crippen molar-refractivity contribution < 1.29 is 4.79 Å².